The van der Waals surface area contributed by atoms with E-state index in [2.05, 4.69) is 95.4 Å². The molecule has 0 spiro atoms. The van der Waals surface area contributed by atoms with Gasteiger partial charge in [-0.25, -0.2) is 4.79 Å². The lowest BCUT2D eigenvalue weighted by Gasteiger charge is -2.28. The van der Waals surface area contributed by atoms with E-state index in [4.69, 9.17) is 40.1 Å². The van der Waals surface area contributed by atoms with Gasteiger partial charge in [-0.1, -0.05) is 34.1 Å². The minimum atomic E-state index is -1.36. The van der Waals surface area contributed by atoms with Gasteiger partial charge in [-0.05, 0) is 50.4 Å². The van der Waals surface area contributed by atoms with E-state index in [1.807, 2.05) is 0 Å². The molecule has 0 fully saturated rings. The number of carboxylic acids is 1. The molecule has 0 aromatic rings. The molecule has 0 unspecified atom stereocenters. The average molecular weight is 1070 g/mol. The second-order valence-corrected chi connectivity index (χ2v) is 17.6. The topological polar surface area (TPSA) is 489 Å². The van der Waals surface area contributed by atoms with Crippen LogP contribution in [0.15, 0.2) is 15.0 Å². The Hall–Kier alpha value is -5.95. The minimum Gasteiger partial charge on any atom is -0.480 e. The average Bonchev–Trinajstić information content (AvgIpc) is 3.30. The van der Waals surface area contributed by atoms with Crippen molar-refractivity contribution in [2.75, 3.05) is 43.4 Å². The maximum atomic E-state index is 13.9. The number of carbonyl (C=O) groups is 9. The first-order valence-corrected chi connectivity index (χ1v) is 24.6. The normalized spacial score (nSPS) is 14.7. The first-order valence-electron chi connectivity index (χ1n) is 22.7. The van der Waals surface area contributed by atoms with Gasteiger partial charge in [0, 0.05) is 36.9 Å². The van der Waals surface area contributed by atoms with Crippen LogP contribution in [0, 0.1) is 11.8 Å². The molecule has 0 saturated carbocycles. The molecule has 0 aliphatic rings. The van der Waals surface area contributed by atoms with Gasteiger partial charge in [0.1, 0.15) is 42.3 Å². The van der Waals surface area contributed by atoms with Crippen LogP contribution in [-0.2, 0) is 43.2 Å². The molecule has 0 saturated heterocycles. The third-order valence-corrected chi connectivity index (χ3v) is 11.5. The number of nitrogens with one attached hydrogen (secondary N) is 8. The molecule has 23 N–H and O–H groups in total. The summed E-state index contributed by atoms with van der Waals surface area (Å²) < 4.78 is 0. The number of amides is 8. The smallest absolute Gasteiger partial charge is 0.327 e. The van der Waals surface area contributed by atoms with Crippen LogP contribution in [0.4, 0.5) is 0 Å². The van der Waals surface area contributed by atoms with E-state index in [1.165, 1.54) is 0 Å². The van der Waals surface area contributed by atoms with Crippen molar-refractivity contribution < 1.29 is 48.3 Å². The molecule has 8 amide bonds. The van der Waals surface area contributed by atoms with E-state index in [0.717, 1.165) is 0 Å². The maximum Gasteiger partial charge on any atom is 0.327 e. The fraction of sp³-hybridized carbons (Fsp3) is 0.700. The number of aliphatic carboxylic acids is 1. The van der Waals surface area contributed by atoms with Crippen molar-refractivity contribution in [2.24, 2.45) is 66.9 Å². The summed E-state index contributed by atoms with van der Waals surface area (Å²) in [5.41, 5.74) is 38.4. The zero-order valence-electron chi connectivity index (χ0n) is 40.5. The molecule has 28 nitrogen and oxygen atoms in total. The zero-order valence-corrected chi connectivity index (χ0v) is 43.2. The number of hydrogen-bond acceptors (Lipinski definition) is 16. The van der Waals surface area contributed by atoms with Gasteiger partial charge < -0.3 is 87.8 Å². The van der Waals surface area contributed by atoms with Crippen LogP contribution < -0.4 is 82.7 Å². The van der Waals surface area contributed by atoms with E-state index in [9.17, 15) is 48.3 Å². The van der Waals surface area contributed by atoms with Gasteiger partial charge in [0.15, 0.2) is 17.9 Å². The number of nitrogens with zero attached hydrogens (tertiary/aromatic N) is 3. The van der Waals surface area contributed by atoms with Crippen LogP contribution in [0.1, 0.15) is 72.6 Å². The first kappa shape index (κ1) is 65.0. The number of carbonyl (C=O) groups excluding carboxylic acids is 8. The van der Waals surface area contributed by atoms with E-state index < -0.39 is 120 Å². The zero-order chi connectivity index (χ0) is 54.4. The highest BCUT2D eigenvalue weighted by molar-refractivity contribution is 7.80. The summed E-state index contributed by atoms with van der Waals surface area (Å²) in [5.74, 6) is -9.98. The Labute approximate surface area is 429 Å². The molecule has 0 heterocycles. The van der Waals surface area contributed by atoms with Gasteiger partial charge >= 0.3 is 5.97 Å². The number of rotatable bonds is 35. The summed E-state index contributed by atoms with van der Waals surface area (Å²) >= 11 is 12.3. The molecule has 71 heavy (non-hydrogen) atoms. The molecule has 0 aliphatic heterocycles. The van der Waals surface area contributed by atoms with Crippen LogP contribution in [0.25, 0.3) is 0 Å². The maximum absolute atomic E-state index is 13.9. The summed E-state index contributed by atoms with van der Waals surface area (Å²) in [6.07, 6.45) is 1.16. The second kappa shape index (κ2) is 35.2. The predicted octanol–water partition coefficient (Wildman–Crippen LogP) is -6.44. The third-order valence-electron chi connectivity index (χ3n) is 10.4. The Kier molecular flexibility index (Phi) is 32.2. The largest absolute Gasteiger partial charge is 0.480 e. The lowest BCUT2D eigenvalue weighted by Crippen LogP contribution is -2.60. The van der Waals surface area contributed by atoms with Crippen molar-refractivity contribution in [1.29, 1.82) is 0 Å². The number of aliphatic imine (C=N–C) groups is 3. The van der Waals surface area contributed by atoms with Crippen molar-refractivity contribution in [3.63, 3.8) is 0 Å². The molecule has 31 heteroatoms. The van der Waals surface area contributed by atoms with Gasteiger partial charge in [0.05, 0.1) is 12.6 Å². The first-order chi connectivity index (χ1) is 33.3. The molecular formula is C40H76N18O10S3. The van der Waals surface area contributed by atoms with Gasteiger partial charge in [-0.15, -0.1) is 0 Å². The monoisotopic (exact) mass is 1060 g/mol. The highest BCUT2D eigenvalue weighted by Crippen LogP contribution is 2.11. The van der Waals surface area contributed by atoms with Crippen LogP contribution in [0.5, 0.6) is 0 Å². The fourth-order valence-corrected chi connectivity index (χ4v) is 6.89. The second-order valence-electron chi connectivity index (χ2n) is 16.5. The molecule has 0 bridgehead atoms. The number of carboxylic acid groups (broad SMARTS) is 1. The van der Waals surface area contributed by atoms with Crippen molar-refractivity contribution in [1.82, 2.24) is 42.5 Å². The SMILES string of the molecule is CC[C@H](C)[C@H](NC(=O)[C@H](CS)NC(=O)[C@@H](N)CCCN=C(N)N)C(=O)N[C@@H](CS)C(=O)NCC(=O)N[C@@H](CCCN=C(N)N)C(=O)N[C@@H](CCCN=C(N)N)C(=O)N[C@H](C(=O)N[C@@H](CS)C(=O)O)C(C)C. The summed E-state index contributed by atoms with van der Waals surface area (Å²) in [6, 6.07) is -10.0. The summed E-state index contributed by atoms with van der Waals surface area (Å²) in [4.78, 5) is 130. The van der Waals surface area contributed by atoms with Crippen molar-refractivity contribution >= 4 is 109 Å². The Morgan fingerprint density at radius 2 is 0.873 bits per heavy atom. The van der Waals surface area contributed by atoms with E-state index in [0.29, 0.717) is 12.8 Å². The number of guanidine groups is 3. The van der Waals surface area contributed by atoms with E-state index in [1.54, 1.807) is 27.7 Å². The van der Waals surface area contributed by atoms with Crippen LogP contribution in [0.2, 0.25) is 0 Å². The molecule has 0 rings (SSSR count). The van der Waals surface area contributed by atoms with Crippen molar-refractivity contribution in [3.05, 3.63) is 0 Å². The van der Waals surface area contributed by atoms with Gasteiger partial charge in [-0.2, -0.15) is 37.9 Å². The highest BCUT2D eigenvalue weighted by Gasteiger charge is 2.34. The number of thiol groups is 3. The number of nitrogens with two attached hydrogens (primary N) is 7. The standard InChI is InChI=1S/C40H76N18O10S3/c1-5-20(4)29(58-34(64)25(17-70)54-30(60)21(41)9-6-12-48-38(42)43)36(66)55-24(16-69)31(61)51-15-27(59)52-22(10-7-13-49-39(44)45)32(62)53-23(11-8-14-50-40(46)47)33(63)57-28(19(2)3)35(65)56-26(18-71)37(67)68/h19-26,28-29,69-71H,5-18,41H2,1-4H3,(H,51,61)(H,52,59)(H,53,62)(H,54,60)(H,55,66)(H,56,65)(H,57,63)(H,58,64)(H,67,68)(H4,42,43,48)(H4,44,45,49)(H4,46,47,50)/t20-,21-,22-,23-,24-,25-,26-,28-,29-/m0/s1. The Morgan fingerprint density at radius 1 is 0.493 bits per heavy atom. The van der Waals surface area contributed by atoms with Gasteiger partial charge in [-0.3, -0.25) is 53.3 Å². The van der Waals surface area contributed by atoms with Crippen LogP contribution >= 0.6 is 37.9 Å². The Bertz CT molecular complexity index is 1870. The number of hydrogen-bond donors (Lipinski definition) is 19. The van der Waals surface area contributed by atoms with Gasteiger partial charge in [0.2, 0.25) is 47.3 Å². The third kappa shape index (κ3) is 26.7. The Morgan fingerprint density at radius 3 is 1.32 bits per heavy atom. The van der Waals surface area contributed by atoms with Crippen LogP contribution in [-0.4, -0.2) is 168 Å². The summed E-state index contributed by atoms with van der Waals surface area (Å²) in [7, 11) is 0. The minimum absolute atomic E-state index is 0.0399. The molecule has 0 radical (unpaired) electrons. The lowest BCUT2D eigenvalue weighted by atomic mass is 9.97. The molecular weight excluding hydrogens is 989 g/mol. The van der Waals surface area contributed by atoms with Crippen molar-refractivity contribution in [2.45, 2.75) is 121 Å². The molecule has 0 aliphatic carbocycles. The van der Waals surface area contributed by atoms with Gasteiger partial charge in [0.25, 0.3) is 0 Å². The Balaban J connectivity index is 6.17. The highest BCUT2D eigenvalue weighted by atomic mass is 32.1. The fourth-order valence-electron chi connectivity index (χ4n) is 6.12. The van der Waals surface area contributed by atoms with Crippen molar-refractivity contribution in [3.8, 4) is 0 Å². The quantitative estimate of drug-likeness (QED) is 0.0121. The van der Waals surface area contributed by atoms with E-state index in [-0.39, 0.29) is 86.9 Å². The van der Waals surface area contributed by atoms with Crippen LogP contribution in [0.3, 0.4) is 0 Å². The summed E-state index contributed by atoms with van der Waals surface area (Å²) in [6.45, 7) is 6.29. The predicted molar refractivity (Wildman–Crippen MR) is 278 cm³/mol. The molecule has 9 atom stereocenters. The molecule has 0 aromatic carbocycles. The van der Waals surface area contributed by atoms with E-state index >= 15 is 0 Å². The molecule has 404 valence electrons. The molecule has 0 aromatic heterocycles. The lowest BCUT2D eigenvalue weighted by molar-refractivity contribution is -0.142. The summed E-state index contributed by atoms with van der Waals surface area (Å²) in [5, 5.41) is 29.4.